The second-order valence-electron chi connectivity index (χ2n) is 9.71. The van der Waals surface area contributed by atoms with Crippen LogP contribution in [0.5, 0.6) is 5.75 Å². The first kappa shape index (κ1) is 26.1. The highest BCUT2D eigenvalue weighted by Gasteiger charge is 2.38. The zero-order valence-electron chi connectivity index (χ0n) is 21.1. The van der Waals surface area contributed by atoms with Crippen molar-refractivity contribution in [1.29, 1.82) is 0 Å². The molecule has 8 nitrogen and oxygen atoms in total. The number of hydrogen-bond acceptors (Lipinski definition) is 4. The lowest BCUT2D eigenvalue weighted by Gasteiger charge is -2.36. The van der Waals surface area contributed by atoms with Crippen LogP contribution in [0.4, 0.5) is 16.2 Å². The summed E-state index contributed by atoms with van der Waals surface area (Å²) in [6, 6.07) is 13.0. The van der Waals surface area contributed by atoms with Crippen molar-refractivity contribution in [2.75, 3.05) is 24.8 Å². The van der Waals surface area contributed by atoms with E-state index in [1.165, 1.54) is 10.5 Å². The van der Waals surface area contributed by atoms with Crippen molar-refractivity contribution in [2.24, 2.45) is 5.92 Å². The van der Waals surface area contributed by atoms with E-state index in [4.69, 9.17) is 4.74 Å². The Bertz CT molecular complexity index is 1070. The fourth-order valence-corrected chi connectivity index (χ4v) is 4.41. The molecule has 0 bridgehead atoms. The Morgan fingerprint density at radius 2 is 1.63 bits per heavy atom. The molecule has 0 aromatic heterocycles. The number of anilines is 2. The third-order valence-corrected chi connectivity index (χ3v) is 7.01. The van der Waals surface area contributed by atoms with Gasteiger partial charge < -0.3 is 25.4 Å². The summed E-state index contributed by atoms with van der Waals surface area (Å²) < 4.78 is 5.30. The van der Waals surface area contributed by atoms with Crippen LogP contribution in [-0.4, -0.2) is 47.6 Å². The summed E-state index contributed by atoms with van der Waals surface area (Å²) in [6.07, 6.45) is 3.17. The fourth-order valence-electron chi connectivity index (χ4n) is 4.41. The predicted molar refractivity (Wildman–Crippen MR) is 136 cm³/mol. The lowest BCUT2D eigenvalue weighted by atomic mass is 9.78. The first-order chi connectivity index (χ1) is 16.5. The Kier molecular flexibility index (Phi) is 8.04. The molecule has 0 heterocycles. The van der Waals surface area contributed by atoms with E-state index in [9.17, 15) is 19.5 Å². The number of aryl methyl sites for hydroxylation is 1. The minimum Gasteiger partial charge on any atom is -0.495 e. The van der Waals surface area contributed by atoms with E-state index in [1.54, 1.807) is 28.0 Å². The standard InChI is InChI=1S/C27H35N3O5/c1-17-6-15-23(35-5)22(16-17)29-26(34)28-21-13-11-19(12-14-21)18-7-9-20(10-8-18)24(31)30(4)27(2,3)25(32)33/h6,11-16,18,20H,7-10H2,1-5H3,(H,32,33)(H2,28,29,34). The second-order valence-corrected chi connectivity index (χ2v) is 9.71. The largest absolute Gasteiger partial charge is 0.495 e. The maximum atomic E-state index is 12.8. The topological polar surface area (TPSA) is 108 Å². The Morgan fingerprint density at radius 3 is 2.20 bits per heavy atom. The zero-order valence-corrected chi connectivity index (χ0v) is 21.1. The number of aliphatic carboxylic acids is 1. The normalized spacial score (nSPS) is 17.9. The molecule has 0 spiro atoms. The molecular formula is C27H35N3O5. The zero-order chi connectivity index (χ0) is 25.8. The van der Waals surface area contributed by atoms with E-state index in [0.29, 0.717) is 23.0 Å². The number of benzene rings is 2. The average Bonchev–Trinajstić information content (AvgIpc) is 2.83. The third kappa shape index (κ3) is 6.12. The molecule has 0 unspecified atom stereocenters. The van der Waals surface area contributed by atoms with Crippen molar-refractivity contribution >= 4 is 29.3 Å². The van der Waals surface area contributed by atoms with Gasteiger partial charge in [0.05, 0.1) is 12.8 Å². The molecule has 1 aliphatic carbocycles. The molecule has 2 aromatic rings. The predicted octanol–water partition coefficient (Wildman–Crippen LogP) is 5.24. The molecule has 3 amide bonds. The molecule has 1 saturated carbocycles. The van der Waals surface area contributed by atoms with Crippen LogP contribution < -0.4 is 15.4 Å². The van der Waals surface area contributed by atoms with Crippen molar-refractivity contribution in [3.05, 3.63) is 53.6 Å². The molecule has 2 aromatic carbocycles. The van der Waals surface area contributed by atoms with Crippen molar-refractivity contribution < 1.29 is 24.2 Å². The van der Waals surface area contributed by atoms with Gasteiger partial charge in [-0.25, -0.2) is 9.59 Å². The molecule has 8 heteroatoms. The van der Waals surface area contributed by atoms with E-state index in [-0.39, 0.29) is 17.9 Å². The summed E-state index contributed by atoms with van der Waals surface area (Å²) in [5.41, 5.74) is 2.23. The van der Waals surface area contributed by atoms with Gasteiger partial charge in [0.15, 0.2) is 0 Å². The number of carboxylic acid groups (broad SMARTS) is 1. The van der Waals surface area contributed by atoms with Crippen molar-refractivity contribution in [3.8, 4) is 5.75 Å². The van der Waals surface area contributed by atoms with Gasteiger partial charge in [0.1, 0.15) is 11.3 Å². The molecule has 35 heavy (non-hydrogen) atoms. The van der Waals surface area contributed by atoms with Crippen molar-refractivity contribution in [2.45, 2.75) is 57.9 Å². The minimum atomic E-state index is -1.23. The van der Waals surface area contributed by atoms with Crippen LogP contribution in [0.3, 0.4) is 0 Å². The summed E-state index contributed by atoms with van der Waals surface area (Å²) in [6.45, 7) is 5.04. The van der Waals surface area contributed by atoms with Gasteiger partial charge in [-0.15, -0.1) is 0 Å². The molecule has 3 rings (SSSR count). The minimum absolute atomic E-state index is 0.105. The number of nitrogens with one attached hydrogen (secondary N) is 2. The molecule has 0 aliphatic heterocycles. The number of nitrogens with zero attached hydrogens (tertiary/aromatic N) is 1. The van der Waals surface area contributed by atoms with Gasteiger partial charge >= 0.3 is 12.0 Å². The summed E-state index contributed by atoms with van der Waals surface area (Å²) in [5, 5.41) is 15.1. The summed E-state index contributed by atoms with van der Waals surface area (Å²) in [7, 11) is 3.13. The maximum absolute atomic E-state index is 12.8. The first-order valence-electron chi connectivity index (χ1n) is 11.9. The third-order valence-electron chi connectivity index (χ3n) is 7.01. The quantitative estimate of drug-likeness (QED) is 0.501. The van der Waals surface area contributed by atoms with Gasteiger partial charge in [-0.1, -0.05) is 18.2 Å². The van der Waals surface area contributed by atoms with E-state index in [1.807, 2.05) is 49.4 Å². The number of carbonyl (C=O) groups is 3. The number of amides is 3. The van der Waals surface area contributed by atoms with E-state index < -0.39 is 11.5 Å². The van der Waals surface area contributed by atoms with E-state index in [0.717, 1.165) is 31.2 Å². The van der Waals surface area contributed by atoms with Crippen molar-refractivity contribution in [3.63, 3.8) is 0 Å². The number of urea groups is 1. The highest BCUT2D eigenvalue weighted by Crippen LogP contribution is 2.37. The van der Waals surface area contributed by atoms with Crippen LogP contribution in [0.1, 0.15) is 56.6 Å². The Labute approximate surface area is 206 Å². The summed E-state index contributed by atoms with van der Waals surface area (Å²) in [5.74, 6) is -0.351. The van der Waals surface area contributed by atoms with Crippen LogP contribution in [0.25, 0.3) is 0 Å². The highest BCUT2D eigenvalue weighted by atomic mass is 16.5. The Balaban J connectivity index is 1.55. The van der Waals surface area contributed by atoms with Gasteiger partial charge in [0, 0.05) is 18.7 Å². The van der Waals surface area contributed by atoms with Crippen molar-refractivity contribution in [1.82, 2.24) is 4.90 Å². The number of carboxylic acids is 1. The van der Waals surface area contributed by atoms with Crippen LogP contribution in [0.15, 0.2) is 42.5 Å². The summed E-state index contributed by atoms with van der Waals surface area (Å²) in [4.78, 5) is 38.1. The number of hydrogen-bond donors (Lipinski definition) is 3. The second kappa shape index (κ2) is 10.8. The Morgan fingerprint density at radius 1 is 1.00 bits per heavy atom. The van der Waals surface area contributed by atoms with Crippen LogP contribution >= 0.6 is 0 Å². The van der Waals surface area contributed by atoms with Crippen LogP contribution in [0, 0.1) is 12.8 Å². The van der Waals surface area contributed by atoms with Gasteiger partial charge in [0.2, 0.25) is 5.91 Å². The number of carbonyl (C=O) groups excluding carboxylic acids is 2. The van der Waals surface area contributed by atoms with E-state index in [2.05, 4.69) is 10.6 Å². The highest BCUT2D eigenvalue weighted by molar-refractivity contribution is 6.00. The smallest absolute Gasteiger partial charge is 0.329 e. The van der Waals surface area contributed by atoms with Gasteiger partial charge in [-0.05, 0) is 87.8 Å². The number of ether oxygens (including phenoxy) is 1. The molecule has 3 N–H and O–H groups in total. The summed E-state index contributed by atoms with van der Waals surface area (Å²) >= 11 is 0. The average molecular weight is 482 g/mol. The number of likely N-dealkylation sites (N-methyl/N-ethyl adjacent to an activating group) is 1. The Hall–Kier alpha value is -3.55. The first-order valence-corrected chi connectivity index (χ1v) is 11.9. The van der Waals surface area contributed by atoms with E-state index >= 15 is 0 Å². The molecule has 0 saturated heterocycles. The molecular weight excluding hydrogens is 446 g/mol. The van der Waals surface area contributed by atoms with Gasteiger partial charge in [-0.2, -0.15) is 0 Å². The molecule has 0 radical (unpaired) electrons. The lowest BCUT2D eigenvalue weighted by molar-refractivity contribution is -0.157. The molecule has 1 aliphatic rings. The van der Waals surface area contributed by atoms with Gasteiger partial charge in [-0.3, -0.25) is 4.79 Å². The monoisotopic (exact) mass is 481 g/mol. The lowest BCUT2D eigenvalue weighted by Crippen LogP contribution is -2.52. The maximum Gasteiger partial charge on any atom is 0.329 e. The van der Waals surface area contributed by atoms with Gasteiger partial charge in [0.25, 0.3) is 0 Å². The molecule has 0 atom stereocenters. The number of methoxy groups -OCH3 is 1. The van der Waals surface area contributed by atoms with Crippen LogP contribution in [-0.2, 0) is 9.59 Å². The molecule has 188 valence electrons. The fraction of sp³-hybridized carbons (Fsp3) is 0.444. The molecule has 1 fully saturated rings. The number of rotatable bonds is 7. The SMILES string of the molecule is COc1ccc(C)cc1NC(=O)Nc1ccc(C2CCC(C(=O)N(C)C(C)(C)C(=O)O)CC2)cc1. The van der Waals surface area contributed by atoms with Crippen LogP contribution in [0.2, 0.25) is 0 Å².